The van der Waals surface area contributed by atoms with E-state index in [9.17, 15) is 14.4 Å². The number of methoxy groups -OCH3 is 1. The molecule has 0 aliphatic heterocycles. The first kappa shape index (κ1) is 23.8. The average molecular weight is 490 g/mol. The summed E-state index contributed by atoms with van der Waals surface area (Å²) in [6, 6.07) is 7.80. The molecule has 2 amide bonds. The zero-order chi connectivity index (χ0) is 25.1. The van der Waals surface area contributed by atoms with E-state index in [1.807, 2.05) is 35.0 Å². The summed E-state index contributed by atoms with van der Waals surface area (Å²) in [4.78, 5) is 39.2. The lowest BCUT2D eigenvalue weighted by molar-refractivity contribution is 0.0925. The number of rotatable bonds is 8. The molecule has 0 unspecified atom stereocenters. The Balaban J connectivity index is 1.31. The van der Waals surface area contributed by atoms with Gasteiger partial charge in [-0.2, -0.15) is 5.10 Å². The number of ether oxygens (including phenoxy) is 1. The number of amides is 2. The Labute approximate surface area is 209 Å². The maximum absolute atomic E-state index is 13.2. The van der Waals surface area contributed by atoms with Crippen LogP contribution >= 0.6 is 0 Å². The zero-order valence-electron chi connectivity index (χ0n) is 20.4. The van der Waals surface area contributed by atoms with Gasteiger partial charge in [-0.25, -0.2) is 4.68 Å². The topological polar surface area (TPSA) is 107 Å². The summed E-state index contributed by atoms with van der Waals surface area (Å²) in [6.45, 7) is 0.199. The van der Waals surface area contributed by atoms with E-state index in [2.05, 4.69) is 15.7 Å². The Bertz CT molecular complexity index is 1320. The molecule has 0 spiro atoms. The molecule has 3 aromatic rings. The molecule has 9 nitrogen and oxygen atoms in total. The van der Waals surface area contributed by atoms with Crippen LogP contribution in [0.15, 0.2) is 53.8 Å². The van der Waals surface area contributed by atoms with Crippen molar-refractivity contribution in [1.29, 1.82) is 0 Å². The standard InChI is InChI=1S/C27H31N5O4/c1-36-22-9-5-8-21(12-22)32-15-18(14-29-32)13-28-26(34)23-16-31(20-10-11-20)17-24(25(23)33)27(35)30-19-6-3-2-4-7-19/h5,8-9,12,14-17,19-20H,2-4,6-7,10-11,13H2,1H3,(H,28,34)(H,30,35). The van der Waals surface area contributed by atoms with Crippen molar-refractivity contribution in [2.75, 3.05) is 7.11 Å². The number of pyridine rings is 1. The van der Waals surface area contributed by atoms with Gasteiger partial charge in [0.05, 0.1) is 19.0 Å². The molecule has 36 heavy (non-hydrogen) atoms. The second-order valence-electron chi connectivity index (χ2n) is 9.58. The van der Waals surface area contributed by atoms with E-state index in [1.54, 1.807) is 30.4 Å². The van der Waals surface area contributed by atoms with Gasteiger partial charge in [-0.1, -0.05) is 25.3 Å². The Morgan fingerprint density at radius 1 is 1.03 bits per heavy atom. The van der Waals surface area contributed by atoms with Crippen LogP contribution in [0, 0.1) is 0 Å². The van der Waals surface area contributed by atoms with E-state index in [1.165, 1.54) is 6.42 Å². The SMILES string of the molecule is COc1cccc(-n2cc(CNC(=O)c3cn(C4CC4)cc(C(=O)NC4CCCCC4)c3=O)cn2)c1. The normalized spacial score (nSPS) is 15.9. The minimum atomic E-state index is -0.537. The molecule has 2 fully saturated rings. The summed E-state index contributed by atoms with van der Waals surface area (Å²) >= 11 is 0. The van der Waals surface area contributed by atoms with Crippen LogP contribution in [0.5, 0.6) is 5.75 Å². The van der Waals surface area contributed by atoms with Crippen LogP contribution in [0.1, 0.15) is 77.3 Å². The first-order chi connectivity index (χ1) is 17.5. The molecule has 2 heterocycles. The van der Waals surface area contributed by atoms with Crippen LogP contribution < -0.4 is 20.8 Å². The van der Waals surface area contributed by atoms with Gasteiger partial charge in [0.15, 0.2) is 0 Å². The maximum atomic E-state index is 13.2. The van der Waals surface area contributed by atoms with E-state index < -0.39 is 17.2 Å². The van der Waals surface area contributed by atoms with Crippen molar-refractivity contribution < 1.29 is 14.3 Å². The van der Waals surface area contributed by atoms with Gasteiger partial charge >= 0.3 is 0 Å². The summed E-state index contributed by atoms with van der Waals surface area (Å²) in [5.41, 5.74) is 1.09. The van der Waals surface area contributed by atoms with Crippen LogP contribution in [-0.2, 0) is 6.54 Å². The molecular weight excluding hydrogens is 458 g/mol. The Morgan fingerprint density at radius 2 is 1.78 bits per heavy atom. The molecule has 2 saturated carbocycles. The summed E-state index contributed by atoms with van der Waals surface area (Å²) in [5, 5.41) is 10.2. The van der Waals surface area contributed by atoms with Gasteiger partial charge in [0.1, 0.15) is 16.9 Å². The van der Waals surface area contributed by atoms with Gasteiger partial charge in [0.2, 0.25) is 5.43 Å². The third-order valence-corrected chi connectivity index (χ3v) is 6.85. The largest absolute Gasteiger partial charge is 0.497 e. The lowest BCUT2D eigenvalue weighted by atomic mass is 9.95. The van der Waals surface area contributed by atoms with E-state index in [0.29, 0.717) is 0 Å². The molecule has 2 aromatic heterocycles. The van der Waals surface area contributed by atoms with Crippen molar-refractivity contribution in [2.45, 2.75) is 63.6 Å². The molecule has 0 atom stereocenters. The lowest BCUT2D eigenvalue weighted by Gasteiger charge is -2.23. The summed E-state index contributed by atoms with van der Waals surface area (Å²) in [6.07, 6.45) is 13.8. The van der Waals surface area contributed by atoms with Gasteiger partial charge in [-0.15, -0.1) is 0 Å². The predicted molar refractivity (Wildman–Crippen MR) is 135 cm³/mol. The lowest BCUT2D eigenvalue weighted by Crippen LogP contribution is -2.40. The highest BCUT2D eigenvalue weighted by Crippen LogP contribution is 2.34. The van der Waals surface area contributed by atoms with Crippen molar-refractivity contribution in [3.05, 3.63) is 76.0 Å². The van der Waals surface area contributed by atoms with Crippen LogP contribution in [0.2, 0.25) is 0 Å². The number of hydrogen-bond acceptors (Lipinski definition) is 5. The molecule has 2 aliphatic rings. The minimum absolute atomic E-state index is 0.0154. The van der Waals surface area contributed by atoms with E-state index in [0.717, 1.165) is 55.5 Å². The summed E-state index contributed by atoms with van der Waals surface area (Å²) in [5.74, 6) is -0.177. The number of benzene rings is 1. The molecule has 5 rings (SSSR count). The number of nitrogens with zero attached hydrogens (tertiary/aromatic N) is 3. The number of aromatic nitrogens is 3. The van der Waals surface area contributed by atoms with Crippen molar-refractivity contribution in [1.82, 2.24) is 25.0 Å². The molecule has 2 aliphatic carbocycles. The number of hydrogen-bond donors (Lipinski definition) is 2. The van der Waals surface area contributed by atoms with Crippen LogP contribution in [0.3, 0.4) is 0 Å². The summed E-state index contributed by atoms with van der Waals surface area (Å²) < 4.78 is 8.80. The highest BCUT2D eigenvalue weighted by molar-refractivity contribution is 5.99. The Morgan fingerprint density at radius 3 is 2.50 bits per heavy atom. The Kier molecular flexibility index (Phi) is 6.88. The molecule has 0 radical (unpaired) electrons. The maximum Gasteiger partial charge on any atom is 0.257 e. The fourth-order valence-corrected chi connectivity index (χ4v) is 4.64. The highest BCUT2D eigenvalue weighted by atomic mass is 16.5. The first-order valence-electron chi connectivity index (χ1n) is 12.5. The molecule has 0 saturated heterocycles. The van der Waals surface area contributed by atoms with E-state index in [-0.39, 0.29) is 29.8 Å². The van der Waals surface area contributed by atoms with Crippen molar-refractivity contribution in [3.63, 3.8) is 0 Å². The third kappa shape index (κ3) is 5.35. The highest BCUT2D eigenvalue weighted by Gasteiger charge is 2.28. The van der Waals surface area contributed by atoms with Crippen LogP contribution in [0.4, 0.5) is 0 Å². The number of carbonyl (C=O) groups excluding carboxylic acids is 2. The number of carbonyl (C=O) groups is 2. The van der Waals surface area contributed by atoms with Crippen LogP contribution in [-0.4, -0.2) is 39.3 Å². The van der Waals surface area contributed by atoms with Crippen molar-refractivity contribution in [2.24, 2.45) is 0 Å². The van der Waals surface area contributed by atoms with Crippen LogP contribution in [0.25, 0.3) is 5.69 Å². The zero-order valence-corrected chi connectivity index (χ0v) is 20.4. The molecule has 2 N–H and O–H groups in total. The van der Waals surface area contributed by atoms with Gasteiger partial charge in [-0.05, 0) is 37.8 Å². The van der Waals surface area contributed by atoms with E-state index in [4.69, 9.17) is 4.74 Å². The molecular formula is C27H31N5O4. The number of nitrogens with one attached hydrogen (secondary N) is 2. The molecule has 9 heteroatoms. The smallest absolute Gasteiger partial charge is 0.257 e. The monoisotopic (exact) mass is 489 g/mol. The van der Waals surface area contributed by atoms with Gasteiger partial charge in [0, 0.05) is 48.8 Å². The van der Waals surface area contributed by atoms with Gasteiger partial charge < -0.3 is 19.9 Å². The third-order valence-electron chi connectivity index (χ3n) is 6.85. The first-order valence-corrected chi connectivity index (χ1v) is 12.5. The van der Waals surface area contributed by atoms with Gasteiger partial charge in [0.25, 0.3) is 11.8 Å². The minimum Gasteiger partial charge on any atom is -0.497 e. The second-order valence-corrected chi connectivity index (χ2v) is 9.58. The average Bonchev–Trinajstić information content (AvgIpc) is 3.65. The quantitative estimate of drug-likeness (QED) is 0.505. The second kappa shape index (κ2) is 10.4. The molecule has 0 bridgehead atoms. The van der Waals surface area contributed by atoms with Crippen molar-refractivity contribution >= 4 is 11.8 Å². The molecule has 1 aromatic carbocycles. The molecule has 188 valence electrons. The van der Waals surface area contributed by atoms with Gasteiger partial charge in [-0.3, -0.25) is 14.4 Å². The fourth-order valence-electron chi connectivity index (χ4n) is 4.64. The summed E-state index contributed by atoms with van der Waals surface area (Å²) in [7, 11) is 1.61. The Hall–Kier alpha value is -3.88. The fraction of sp³-hybridized carbons (Fsp3) is 0.407. The predicted octanol–water partition coefficient (Wildman–Crippen LogP) is 3.37. The van der Waals surface area contributed by atoms with E-state index >= 15 is 0 Å². The van der Waals surface area contributed by atoms with Crippen molar-refractivity contribution in [3.8, 4) is 11.4 Å².